The van der Waals surface area contributed by atoms with Crippen LogP contribution in [0.15, 0.2) is 24.3 Å². The van der Waals surface area contributed by atoms with Gasteiger partial charge < -0.3 is 4.79 Å². The van der Waals surface area contributed by atoms with E-state index in [1.165, 1.54) is 24.0 Å². The fraction of sp³-hybridized carbons (Fsp3) is 0.462. The van der Waals surface area contributed by atoms with E-state index in [0.717, 1.165) is 19.1 Å². The molecule has 0 heterocycles. The highest BCUT2D eigenvalue weighted by atomic mass is 16.1. The summed E-state index contributed by atoms with van der Waals surface area (Å²) in [7, 11) is 0. The van der Waals surface area contributed by atoms with Crippen molar-refractivity contribution in [2.45, 2.75) is 38.0 Å². The number of aryl methyl sites for hydroxylation is 1. The maximum atomic E-state index is 11.2. The van der Waals surface area contributed by atoms with Crippen molar-refractivity contribution >= 4 is 6.29 Å². The van der Waals surface area contributed by atoms with Crippen LogP contribution in [0.1, 0.15) is 36.8 Å². The summed E-state index contributed by atoms with van der Waals surface area (Å²) in [6.45, 7) is 2.08. The van der Waals surface area contributed by atoms with Crippen LogP contribution >= 0.6 is 0 Å². The van der Waals surface area contributed by atoms with Crippen molar-refractivity contribution in [3.8, 4) is 0 Å². The van der Waals surface area contributed by atoms with Gasteiger partial charge in [-0.05, 0) is 25.3 Å². The molecule has 0 atom stereocenters. The maximum absolute atomic E-state index is 11.2. The van der Waals surface area contributed by atoms with Crippen LogP contribution in [-0.2, 0) is 10.2 Å². The average Bonchev–Trinajstić information content (AvgIpc) is 2.68. The molecule has 1 fully saturated rings. The molecule has 0 spiro atoms. The van der Waals surface area contributed by atoms with E-state index in [0.29, 0.717) is 0 Å². The molecule has 1 aromatic rings. The summed E-state index contributed by atoms with van der Waals surface area (Å²) in [6, 6.07) is 8.40. The van der Waals surface area contributed by atoms with E-state index in [4.69, 9.17) is 0 Å². The Balaban J connectivity index is 2.36. The normalized spacial score (nSPS) is 19.5. The Morgan fingerprint density at radius 1 is 1.14 bits per heavy atom. The number of rotatable bonds is 2. The molecule has 1 saturated carbocycles. The molecule has 1 aromatic carbocycles. The molecule has 74 valence electrons. The van der Waals surface area contributed by atoms with Gasteiger partial charge in [-0.2, -0.15) is 0 Å². The van der Waals surface area contributed by atoms with E-state index in [1.54, 1.807) is 0 Å². The van der Waals surface area contributed by atoms with Crippen molar-refractivity contribution < 1.29 is 4.79 Å². The van der Waals surface area contributed by atoms with E-state index >= 15 is 0 Å². The Morgan fingerprint density at radius 3 is 2.21 bits per heavy atom. The summed E-state index contributed by atoms with van der Waals surface area (Å²) in [6.07, 6.45) is 5.59. The first-order valence-electron chi connectivity index (χ1n) is 5.30. The van der Waals surface area contributed by atoms with Gasteiger partial charge in [-0.3, -0.25) is 0 Å². The summed E-state index contributed by atoms with van der Waals surface area (Å²) in [5, 5.41) is 0. The second-order valence-corrected chi connectivity index (χ2v) is 4.35. The van der Waals surface area contributed by atoms with E-state index in [9.17, 15) is 4.79 Å². The second kappa shape index (κ2) is 3.56. The Kier molecular flexibility index (Phi) is 2.40. The Morgan fingerprint density at radius 2 is 1.71 bits per heavy atom. The van der Waals surface area contributed by atoms with Crippen LogP contribution in [-0.4, -0.2) is 6.29 Å². The molecule has 0 aromatic heterocycles. The molecule has 0 bridgehead atoms. The van der Waals surface area contributed by atoms with E-state index in [2.05, 4.69) is 31.2 Å². The summed E-state index contributed by atoms with van der Waals surface area (Å²) in [5.41, 5.74) is 2.30. The van der Waals surface area contributed by atoms with Crippen LogP contribution < -0.4 is 0 Å². The van der Waals surface area contributed by atoms with Gasteiger partial charge in [-0.15, -0.1) is 0 Å². The van der Waals surface area contributed by atoms with Gasteiger partial charge in [-0.25, -0.2) is 0 Å². The summed E-state index contributed by atoms with van der Waals surface area (Å²) < 4.78 is 0. The van der Waals surface area contributed by atoms with Crippen LogP contribution in [0.5, 0.6) is 0 Å². The van der Waals surface area contributed by atoms with Gasteiger partial charge in [0.2, 0.25) is 0 Å². The van der Waals surface area contributed by atoms with E-state index in [-0.39, 0.29) is 5.41 Å². The monoisotopic (exact) mass is 188 g/mol. The number of hydrogen-bond donors (Lipinski definition) is 0. The lowest BCUT2D eigenvalue weighted by atomic mass is 9.80. The minimum absolute atomic E-state index is 0.159. The third-order valence-electron chi connectivity index (χ3n) is 3.35. The molecule has 1 heteroatoms. The first kappa shape index (κ1) is 9.45. The molecule has 0 amide bonds. The Hall–Kier alpha value is -1.11. The first-order valence-corrected chi connectivity index (χ1v) is 5.30. The third-order valence-corrected chi connectivity index (χ3v) is 3.35. The zero-order chi connectivity index (χ0) is 10.0. The van der Waals surface area contributed by atoms with Gasteiger partial charge in [0.05, 0.1) is 5.41 Å². The lowest BCUT2D eigenvalue weighted by molar-refractivity contribution is -0.112. The zero-order valence-corrected chi connectivity index (χ0v) is 8.62. The van der Waals surface area contributed by atoms with Gasteiger partial charge >= 0.3 is 0 Å². The highest BCUT2D eigenvalue weighted by Crippen LogP contribution is 2.39. The molecule has 0 N–H and O–H groups in total. The van der Waals surface area contributed by atoms with E-state index < -0.39 is 0 Å². The van der Waals surface area contributed by atoms with Gasteiger partial charge in [0, 0.05) is 0 Å². The maximum Gasteiger partial charge on any atom is 0.130 e. The predicted molar refractivity (Wildman–Crippen MR) is 57.4 cm³/mol. The molecule has 1 aliphatic carbocycles. The Labute approximate surface area is 85.1 Å². The van der Waals surface area contributed by atoms with Crippen molar-refractivity contribution in [1.29, 1.82) is 0 Å². The standard InChI is InChI=1S/C13H16O/c1-11-4-6-12(7-5-11)13(10-14)8-2-3-9-13/h4-7,10H,2-3,8-9H2,1H3. The fourth-order valence-corrected chi connectivity index (χ4v) is 2.37. The van der Waals surface area contributed by atoms with Crippen molar-refractivity contribution in [1.82, 2.24) is 0 Å². The molecular formula is C13H16O. The van der Waals surface area contributed by atoms with Gasteiger partial charge in [0.25, 0.3) is 0 Å². The summed E-state index contributed by atoms with van der Waals surface area (Å²) in [5.74, 6) is 0. The minimum atomic E-state index is -0.159. The van der Waals surface area contributed by atoms with Crippen molar-refractivity contribution in [3.05, 3.63) is 35.4 Å². The van der Waals surface area contributed by atoms with Gasteiger partial charge in [0.15, 0.2) is 0 Å². The molecule has 2 rings (SSSR count). The topological polar surface area (TPSA) is 17.1 Å². The minimum Gasteiger partial charge on any atom is -0.302 e. The number of carbonyl (C=O) groups excluding carboxylic acids is 1. The summed E-state index contributed by atoms with van der Waals surface area (Å²) >= 11 is 0. The molecule has 0 radical (unpaired) electrons. The van der Waals surface area contributed by atoms with Crippen LogP contribution in [0.3, 0.4) is 0 Å². The van der Waals surface area contributed by atoms with Crippen LogP contribution in [0.25, 0.3) is 0 Å². The molecule has 1 aliphatic rings. The van der Waals surface area contributed by atoms with Gasteiger partial charge in [-0.1, -0.05) is 42.7 Å². The molecular weight excluding hydrogens is 172 g/mol. The van der Waals surface area contributed by atoms with E-state index in [1.807, 2.05) is 0 Å². The van der Waals surface area contributed by atoms with Crippen molar-refractivity contribution in [2.75, 3.05) is 0 Å². The Bertz CT molecular complexity index is 318. The predicted octanol–water partition coefficient (Wildman–Crippen LogP) is 3.01. The number of hydrogen-bond acceptors (Lipinski definition) is 1. The van der Waals surface area contributed by atoms with Crippen LogP contribution in [0.2, 0.25) is 0 Å². The largest absolute Gasteiger partial charge is 0.302 e. The van der Waals surface area contributed by atoms with Crippen molar-refractivity contribution in [3.63, 3.8) is 0 Å². The lowest BCUT2D eigenvalue weighted by Gasteiger charge is -2.22. The van der Waals surface area contributed by atoms with Crippen LogP contribution in [0.4, 0.5) is 0 Å². The number of carbonyl (C=O) groups is 1. The summed E-state index contributed by atoms with van der Waals surface area (Å²) in [4.78, 5) is 11.2. The van der Waals surface area contributed by atoms with Gasteiger partial charge in [0.1, 0.15) is 6.29 Å². The third kappa shape index (κ3) is 1.47. The first-order chi connectivity index (χ1) is 6.77. The highest BCUT2D eigenvalue weighted by Gasteiger charge is 2.34. The quantitative estimate of drug-likeness (QED) is 0.652. The molecule has 14 heavy (non-hydrogen) atoms. The average molecular weight is 188 g/mol. The molecule has 0 aliphatic heterocycles. The highest BCUT2D eigenvalue weighted by molar-refractivity contribution is 5.69. The number of aldehydes is 1. The zero-order valence-electron chi connectivity index (χ0n) is 8.62. The van der Waals surface area contributed by atoms with Crippen LogP contribution in [0, 0.1) is 6.92 Å². The smallest absolute Gasteiger partial charge is 0.130 e. The second-order valence-electron chi connectivity index (χ2n) is 4.35. The SMILES string of the molecule is Cc1ccc(C2(C=O)CCCC2)cc1. The fourth-order valence-electron chi connectivity index (χ4n) is 2.37. The number of benzene rings is 1. The lowest BCUT2D eigenvalue weighted by Crippen LogP contribution is -2.23. The van der Waals surface area contributed by atoms with Crippen molar-refractivity contribution in [2.24, 2.45) is 0 Å². The molecule has 1 nitrogen and oxygen atoms in total. The molecule has 0 unspecified atom stereocenters. The molecule has 0 saturated heterocycles.